The molecule has 3 nitrogen and oxygen atoms in total. The number of rotatable bonds is 5. The van der Waals surface area contributed by atoms with Gasteiger partial charge in [0, 0.05) is 38.3 Å². The Labute approximate surface area is 282 Å². The van der Waals surface area contributed by atoms with Gasteiger partial charge in [0.05, 0.1) is 5.69 Å². The van der Waals surface area contributed by atoms with Crippen LogP contribution in [0.15, 0.2) is 185 Å². The van der Waals surface area contributed by atoms with Crippen molar-refractivity contribution in [1.29, 1.82) is 0 Å². The lowest BCUT2D eigenvalue weighted by molar-refractivity contribution is 0.669. The molecule has 0 N–H and O–H groups in total. The van der Waals surface area contributed by atoms with Crippen molar-refractivity contribution in [2.45, 2.75) is 0 Å². The van der Waals surface area contributed by atoms with E-state index < -0.39 is 0 Å². The van der Waals surface area contributed by atoms with Crippen LogP contribution in [-0.4, -0.2) is 0 Å². The maximum atomic E-state index is 6.95. The fourth-order valence-electron chi connectivity index (χ4n) is 7.37. The quantitative estimate of drug-likeness (QED) is 0.190. The molecule has 0 unspecified atom stereocenters. The molecule has 0 bridgehead atoms. The van der Waals surface area contributed by atoms with Gasteiger partial charge in [-0.1, -0.05) is 121 Å². The van der Waals surface area contributed by atoms with Crippen molar-refractivity contribution in [2.24, 2.45) is 0 Å². The summed E-state index contributed by atoms with van der Waals surface area (Å²) in [4.78, 5) is 2.31. The van der Waals surface area contributed by atoms with Gasteiger partial charge in [0.1, 0.15) is 16.7 Å². The highest BCUT2D eigenvalue weighted by Gasteiger charge is 2.22. The zero-order valence-corrected chi connectivity index (χ0v) is 26.5. The second-order valence-corrected chi connectivity index (χ2v) is 12.5. The van der Waals surface area contributed by atoms with Crippen molar-refractivity contribution in [3.8, 4) is 22.3 Å². The van der Waals surface area contributed by atoms with Gasteiger partial charge in [0.25, 0.3) is 0 Å². The molecular formula is C46H29NO2. The van der Waals surface area contributed by atoms with Gasteiger partial charge in [0.2, 0.25) is 0 Å². The summed E-state index contributed by atoms with van der Waals surface area (Å²) in [5, 5.41) is 6.73. The van der Waals surface area contributed by atoms with E-state index in [1.54, 1.807) is 0 Å². The molecule has 0 aliphatic heterocycles. The molecule has 0 aliphatic rings. The molecule has 0 fully saturated rings. The first kappa shape index (κ1) is 27.5. The molecule has 0 spiro atoms. The second-order valence-electron chi connectivity index (χ2n) is 12.5. The van der Waals surface area contributed by atoms with Crippen LogP contribution in [0.2, 0.25) is 0 Å². The smallest absolute Gasteiger partial charge is 0.159 e. The van der Waals surface area contributed by atoms with Gasteiger partial charge in [-0.25, -0.2) is 0 Å². The van der Waals surface area contributed by atoms with E-state index in [0.29, 0.717) is 0 Å². The van der Waals surface area contributed by atoms with E-state index in [-0.39, 0.29) is 0 Å². The Balaban J connectivity index is 1.18. The molecule has 8 aromatic carbocycles. The summed E-state index contributed by atoms with van der Waals surface area (Å²) in [5.41, 5.74) is 11.3. The predicted octanol–water partition coefficient (Wildman–Crippen LogP) is 13.4. The van der Waals surface area contributed by atoms with E-state index in [1.165, 1.54) is 16.5 Å². The number of hydrogen-bond donors (Lipinski definition) is 0. The summed E-state index contributed by atoms with van der Waals surface area (Å²) in [6.07, 6.45) is 0. The van der Waals surface area contributed by atoms with E-state index in [2.05, 4.69) is 169 Å². The summed E-state index contributed by atoms with van der Waals surface area (Å²) in [7, 11) is 0. The Morgan fingerprint density at radius 2 is 0.939 bits per heavy atom. The summed E-state index contributed by atoms with van der Waals surface area (Å²) >= 11 is 0. The zero-order chi connectivity index (χ0) is 32.3. The molecule has 10 aromatic rings. The third-order valence-electron chi connectivity index (χ3n) is 9.64. The number of benzene rings is 8. The maximum Gasteiger partial charge on any atom is 0.159 e. The van der Waals surface area contributed by atoms with Crippen molar-refractivity contribution in [3.63, 3.8) is 0 Å². The largest absolute Gasteiger partial charge is 0.456 e. The van der Waals surface area contributed by atoms with Crippen molar-refractivity contribution in [3.05, 3.63) is 176 Å². The van der Waals surface area contributed by atoms with Crippen molar-refractivity contribution in [1.82, 2.24) is 0 Å². The molecule has 230 valence electrons. The minimum Gasteiger partial charge on any atom is -0.456 e. The molecule has 0 atom stereocenters. The zero-order valence-electron chi connectivity index (χ0n) is 26.5. The number of fused-ring (bicyclic) bond motifs is 8. The summed E-state index contributed by atoms with van der Waals surface area (Å²) in [6, 6.07) is 61.9. The Morgan fingerprint density at radius 3 is 1.80 bits per heavy atom. The highest BCUT2D eigenvalue weighted by molar-refractivity contribution is 6.21. The van der Waals surface area contributed by atoms with Gasteiger partial charge < -0.3 is 13.7 Å². The molecule has 2 aromatic heterocycles. The normalized spacial score (nSPS) is 11.7. The molecule has 3 heteroatoms. The first-order chi connectivity index (χ1) is 24.3. The van der Waals surface area contributed by atoms with Crippen LogP contribution >= 0.6 is 0 Å². The minimum absolute atomic E-state index is 0.855. The summed E-state index contributed by atoms with van der Waals surface area (Å²) in [5.74, 6) is 0. The number of hydrogen-bond acceptors (Lipinski definition) is 3. The van der Waals surface area contributed by atoms with Gasteiger partial charge >= 0.3 is 0 Å². The molecule has 0 aliphatic carbocycles. The first-order valence-electron chi connectivity index (χ1n) is 16.6. The maximum absolute atomic E-state index is 6.95. The van der Waals surface area contributed by atoms with E-state index in [1.807, 2.05) is 12.1 Å². The van der Waals surface area contributed by atoms with Gasteiger partial charge in [-0.05, 0) is 82.2 Å². The lowest BCUT2D eigenvalue weighted by atomic mass is 9.95. The molecule has 0 saturated carbocycles. The number of nitrogens with zero attached hydrogens (tertiary/aromatic N) is 1. The molecule has 0 radical (unpaired) electrons. The Kier molecular flexibility index (Phi) is 6.18. The Hall–Kier alpha value is -6.58. The molecule has 49 heavy (non-hydrogen) atoms. The van der Waals surface area contributed by atoms with E-state index >= 15 is 0 Å². The molecular weight excluding hydrogens is 599 g/mol. The number of anilines is 3. The van der Waals surface area contributed by atoms with Crippen molar-refractivity contribution < 1.29 is 8.83 Å². The molecule has 0 saturated heterocycles. The van der Waals surface area contributed by atoms with Crippen LogP contribution < -0.4 is 4.90 Å². The number of para-hydroxylation sites is 3. The number of furan rings is 2. The van der Waals surface area contributed by atoms with Crippen LogP contribution in [-0.2, 0) is 0 Å². The van der Waals surface area contributed by atoms with Gasteiger partial charge in [-0.3, -0.25) is 0 Å². The lowest BCUT2D eigenvalue weighted by Crippen LogP contribution is -2.10. The van der Waals surface area contributed by atoms with Crippen LogP contribution in [0.5, 0.6) is 0 Å². The Bertz CT molecular complexity index is 2830. The van der Waals surface area contributed by atoms with Crippen LogP contribution in [0.25, 0.3) is 76.9 Å². The summed E-state index contributed by atoms with van der Waals surface area (Å²) in [6.45, 7) is 0. The van der Waals surface area contributed by atoms with E-state index in [4.69, 9.17) is 8.83 Å². The van der Waals surface area contributed by atoms with Crippen LogP contribution in [0.4, 0.5) is 17.1 Å². The second kappa shape index (κ2) is 11.0. The first-order valence-corrected chi connectivity index (χ1v) is 16.6. The SMILES string of the molecule is c1ccc(-c2cc3c4cccc(N(c5ccccc5)c5cccc(-c6ccc7oc8ccccc8c7c6)c5)c4oc3c3ccccc23)cc1. The lowest BCUT2D eigenvalue weighted by Gasteiger charge is -2.26. The third kappa shape index (κ3) is 4.44. The summed E-state index contributed by atoms with van der Waals surface area (Å²) < 4.78 is 13.1. The van der Waals surface area contributed by atoms with Crippen LogP contribution in [0.3, 0.4) is 0 Å². The third-order valence-corrected chi connectivity index (χ3v) is 9.64. The molecule has 2 heterocycles. The predicted molar refractivity (Wildman–Crippen MR) is 204 cm³/mol. The Morgan fingerprint density at radius 1 is 0.327 bits per heavy atom. The van der Waals surface area contributed by atoms with Gasteiger partial charge in [0.15, 0.2) is 5.58 Å². The van der Waals surface area contributed by atoms with Gasteiger partial charge in [-0.15, -0.1) is 0 Å². The van der Waals surface area contributed by atoms with Crippen molar-refractivity contribution in [2.75, 3.05) is 4.90 Å². The average molecular weight is 628 g/mol. The minimum atomic E-state index is 0.855. The van der Waals surface area contributed by atoms with Crippen LogP contribution in [0, 0.1) is 0 Å². The molecule has 0 amide bonds. The monoisotopic (exact) mass is 627 g/mol. The van der Waals surface area contributed by atoms with Crippen molar-refractivity contribution >= 4 is 71.7 Å². The standard InChI is InChI=1S/C46H29NO2/c1-3-13-30(14-4-1)39-29-41-38-22-12-23-42(46(38)49-45(41)37-21-8-7-19-35(37)39)47(33-16-5-2-6-17-33)34-18-11-15-31(27-34)32-25-26-44-40(28-32)36-20-9-10-24-43(36)48-44/h1-29H. The fraction of sp³-hybridized carbons (Fsp3) is 0. The molecule has 10 rings (SSSR count). The highest BCUT2D eigenvalue weighted by atomic mass is 16.3. The average Bonchev–Trinajstić information content (AvgIpc) is 3.74. The highest BCUT2D eigenvalue weighted by Crippen LogP contribution is 2.46. The van der Waals surface area contributed by atoms with Crippen LogP contribution in [0.1, 0.15) is 0 Å². The fourth-order valence-corrected chi connectivity index (χ4v) is 7.37. The van der Waals surface area contributed by atoms with E-state index in [0.717, 1.165) is 77.5 Å². The van der Waals surface area contributed by atoms with E-state index in [9.17, 15) is 0 Å². The van der Waals surface area contributed by atoms with Gasteiger partial charge in [-0.2, -0.15) is 0 Å². The topological polar surface area (TPSA) is 29.5 Å².